The number of carbonyl (C=O) groups is 4. The van der Waals surface area contributed by atoms with Crippen LogP contribution >= 0.6 is 11.6 Å². The summed E-state index contributed by atoms with van der Waals surface area (Å²) in [5.74, 6) is -1.95. The van der Waals surface area contributed by atoms with Crippen molar-refractivity contribution in [2.75, 3.05) is 6.61 Å². The third kappa shape index (κ3) is 10.6. The van der Waals surface area contributed by atoms with Gasteiger partial charge in [-0.15, -0.1) is 0 Å². The molecule has 0 aromatic carbocycles. The molecule has 2 rings (SSSR count). The van der Waals surface area contributed by atoms with Crippen LogP contribution < -0.4 is 0 Å². The van der Waals surface area contributed by atoms with Crippen molar-refractivity contribution in [2.24, 2.45) is 0 Å². The summed E-state index contributed by atoms with van der Waals surface area (Å²) in [5.41, 5.74) is 1.40. The second kappa shape index (κ2) is 15.0. The summed E-state index contributed by atoms with van der Waals surface area (Å²) in [5, 5.41) is 11.6. The van der Waals surface area contributed by atoms with Crippen LogP contribution in [0.25, 0.3) is 0 Å². The SMILES string of the molecule is C=C(COC(=O)C/C(C)=C/[C@@H](O)[C@@H]1O[C@H]2CC/C(Cl)=C/C/C=C(/C)[C@@H](OC(C)=O)CC(=O)O[C@H]1C2)C(C)=O. The normalized spacial score (nSPS) is 28.5. The predicted molar refractivity (Wildman–Crippen MR) is 140 cm³/mol. The Morgan fingerprint density at radius 2 is 1.97 bits per heavy atom. The average Bonchev–Trinajstić information content (AvgIpc) is 3.22. The van der Waals surface area contributed by atoms with Crippen LogP contribution in [0.4, 0.5) is 0 Å². The Balaban J connectivity index is 2.15. The maximum atomic E-state index is 12.8. The van der Waals surface area contributed by atoms with Gasteiger partial charge >= 0.3 is 17.9 Å². The van der Waals surface area contributed by atoms with E-state index in [1.807, 2.05) is 12.2 Å². The molecule has 0 spiro atoms. The van der Waals surface area contributed by atoms with E-state index in [0.29, 0.717) is 41.9 Å². The van der Waals surface area contributed by atoms with Gasteiger partial charge in [-0.2, -0.15) is 0 Å². The van der Waals surface area contributed by atoms with E-state index >= 15 is 0 Å². The lowest BCUT2D eigenvalue weighted by molar-refractivity contribution is -0.159. The molecule has 10 heteroatoms. The average molecular weight is 553 g/mol. The zero-order valence-corrected chi connectivity index (χ0v) is 23.1. The molecular weight excluding hydrogens is 516 g/mol. The van der Waals surface area contributed by atoms with E-state index in [0.717, 1.165) is 0 Å². The van der Waals surface area contributed by atoms with Gasteiger partial charge < -0.3 is 24.1 Å². The number of carbonyl (C=O) groups excluding carboxylic acids is 4. The number of fused-ring (bicyclic) bond motifs is 2. The summed E-state index contributed by atoms with van der Waals surface area (Å²) in [6.45, 7) is 9.37. The second-order valence-corrected chi connectivity index (χ2v) is 10.1. The third-order valence-corrected chi connectivity index (χ3v) is 6.61. The minimum Gasteiger partial charge on any atom is -0.460 e. The van der Waals surface area contributed by atoms with Crippen molar-refractivity contribution in [3.63, 3.8) is 0 Å². The Bertz CT molecular complexity index is 1010. The van der Waals surface area contributed by atoms with Crippen molar-refractivity contribution in [1.82, 2.24) is 0 Å². The minimum atomic E-state index is -1.18. The summed E-state index contributed by atoms with van der Waals surface area (Å²) < 4.78 is 22.1. The zero-order valence-electron chi connectivity index (χ0n) is 22.4. The van der Waals surface area contributed by atoms with E-state index in [-0.39, 0.29) is 36.9 Å². The molecule has 0 saturated carbocycles. The minimum absolute atomic E-state index is 0.112. The van der Waals surface area contributed by atoms with Crippen molar-refractivity contribution in [3.8, 4) is 0 Å². The van der Waals surface area contributed by atoms with Crippen molar-refractivity contribution in [3.05, 3.63) is 46.6 Å². The molecule has 38 heavy (non-hydrogen) atoms. The van der Waals surface area contributed by atoms with E-state index in [1.165, 1.54) is 19.9 Å². The zero-order chi connectivity index (χ0) is 28.4. The molecule has 9 nitrogen and oxygen atoms in total. The first-order chi connectivity index (χ1) is 17.8. The number of halogens is 1. The Morgan fingerprint density at radius 3 is 2.63 bits per heavy atom. The quantitative estimate of drug-likeness (QED) is 0.206. The Labute approximate surface area is 228 Å². The van der Waals surface area contributed by atoms with E-state index < -0.39 is 42.3 Å². The number of ether oxygens (including phenoxy) is 4. The fourth-order valence-corrected chi connectivity index (χ4v) is 4.32. The van der Waals surface area contributed by atoms with Gasteiger partial charge in [-0.3, -0.25) is 19.2 Å². The van der Waals surface area contributed by atoms with Gasteiger partial charge in [0.2, 0.25) is 0 Å². The lowest BCUT2D eigenvalue weighted by Crippen LogP contribution is -2.37. The van der Waals surface area contributed by atoms with E-state index in [1.54, 1.807) is 13.8 Å². The highest BCUT2D eigenvalue weighted by Gasteiger charge is 2.41. The van der Waals surface area contributed by atoms with Crippen molar-refractivity contribution >= 4 is 35.3 Å². The van der Waals surface area contributed by atoms with Crippen LogP contribution in [-0.4, -0.2) is 65.9 Å². The summed E-state index contributed by atoms with van der Waals surface area (Å²) in [6, 6.07) is 0. The molecule has 1 N–H and O–H groups in total. The highest BCUT2D eigenvalue weighted by atomic mass is 35.5. The fourth-order valence-electron chi connectivity index (χ4n) is 4.12. The number of aliphatic hydroxyl groups excluding tert-OH is 1. The maximum Gasteiger partial charge on any atom is 0.310 e. The molecule has 2 heterocycles. The molecular formula is C28H37ClO9. The molecule has 2 aliphatic heterocycles. The van der Waals surface area contributed by atoms with Crippen molar-refractivity contribution < 1.29 is 43.2 Å². The van der Waals surface area contributed by atoms with Gasteiger partial charge in [0, 0.05) is 23.9 Å². The number of hydrogen-bond donors (Lipinski definition) is 1. The monoisotopic (exact) mass is 552 g/mol. The molecule has 0 aromatic heterocycles. The molecule has 0 amide bonds. The summed E-state index contributed by atoms with van der Waals surface area (Å²) in [6.07, 6.45) is 2.95. The van der Waals surface area contributed by atoms with Gasteiger partial charge in [-0.25, -0.2) is 0 Å². The van der Waals surface area contributed by atoms with Gasteiger partial charge in [-0.1, -0.05) is 42.0 Å². The molecule has 0 unspecified atom stereocenters. The van der Waals surface area contributed by atoms with Gasteiger partial charge in [0.05, 0.1) is 18.9 Å². The van der Waals surface area contributed by atoms with Crippen LogP contribution in [0.5, 0.6) is 0 Å². The first-order valence-electron chi connectivity index (χ1n) is 12.6. The molecule has 5 atom stereocenters. The van der Waals surface area contributed by atoms with E-state index in [2.05, 4.69) is 6.58 Å². The fraction of sp³-hybridized carbons (Fsp3) is 0.571. The Morgan fingerprint density at radius 1 is 1.26 bits per heavy atom. The molecule has 2 aliphatic rings. The number of Topliss-reactive ketones (excluding diaryl/α,β-unsaturated/α-hetero) is 1. The van der Waals surface area contributed by atoms with Crippen LogP contribution in [0.1, 0.15) is 66.2 Å². The topological polar surface area (TPSA) is 125 Å². The highest BCUT2D eigenvalue weighted by Crippen LogP contribution is 2.31. The van der Waals surface area contributed by atoms with Crippen LogP contribution in [0.3, 0.4) is 0 Å². The lowest BCUT2D eigenvalue weighted by Gasteiger charge is -2.24. The smallest absolute Gasteiger partial charge is 0.310 e. The van der Waals surface area contributed by atoms with Gasteiger partial charge in [-0.05, 0) is 45.6 Å². The molecule has 0 radical (unpaired) electrons. The van der Waals surface area contributed by atoms with Gasteiger partial charge in [0.25, 0.3) is 0 Å². The maximum absolute atomic E-state index is 12.8. The number of hydrogen-bond acceptors (Lipinski definition) is 9. The molecule has 1 fully saturated rings. The molecule has 0 aliphatic carbocycles. The summed E-state index contributed by atoms with van der Waals surface area (Å²) in [7, 11) is 0. The number of esters is 3. The van der Waals surface area contributed by atoms with E-state index in [9.17, 15) is 24.3 Å². The standard InChI is InChI=1S/C28H37ClO9/c1-16(12-26(33)35-15-18(3)19(4)30)11-23(32)28-25-13-22(37-28)10-9-21(29)8-6-7-17(2)24(36-20(5)31)14-27(34)38-25/h7-8,11,22-25,28,32H,3,6,9-10,12-15H2,1-2,4-5H3/b16-11+,17-7-,21-8-/t22-,23+,24-,25-,28-/m0/s1. The van der Waals surface area contributed by atoms with E-state index in [4.69, 9.17) is 30.5 Å². The van der Waals surface area contributed by atoms with Gasteiger partial charge in [0.15, 0.2) is 5.78 Å². The summed E-state index contributed by atoms with van der Waals surface area (Å²) >= 11 is 6.37. The number of ketones is 1. The molecule has 2 bridgehead atoms. The van der Waals surface area contributed by atoms with Crippen molar-refractivity contribution in [1.29, 1.82) is 0 Å². The lowest BCUT2D eigenvalue weighted by atomic mass is 10.0. The van der Waals surface area contributed by atoms with Crippen LogP contribution in [0.15, 0.2) is 46.6 Å². The number of aliphatic hydroxyl groups is 1. The second-order valence-electron chi connectivity index (χ2n) is 9.66. The van der Waals surface area contributed by atoms with Crippen molar-refractivity contribution in [2.45, 2.75) is 96.7 Å². The predicted octanol–water partition coefficient (Wildman–Crippen LogP) is 4.02. The summed E-state index contributed by atoms with van der Waals surface area (Å²) in [4.78, 5) is 47.8. The van der Waals surface area contributed by atoms with Crippen LogP contribution in [-0.2, 0) is 38.1 Å². The molecule has 210 valence electrons. The van der Waals surface area contributed by atoms with Crippen LogP contribution in [0.2, 0.25) is 0 Å². The van der Waals surface area contributed by atoms with Crippen LogP contribution in [0, 0.1) is 0 Å². The number of rotatable bonds is 8. The molecule has 0 aromatic rings. The largest absolute Gasteiger partial charge is 0.460 e. The molecule has 1 saturated heterocycles. The number of allylic oxidation sites excluding steroid dienone is 3. The first-order valence-corrected chi connectivity index (χ1v) is 13.0. The van der Waals surface area contributed by atoms with Gasteiger partial charge in [0.1, 0.15) is 31.0 Å². The third-order valence-electron chi connectivity index (χ3n) is 6.27. The first kappa shape index (κ1) is 31.5. The Kier molecular flexibility index (Phi) is 12.4. The Hall–Kier alpha value is -2.75. The highest BCUT2D eigenvalue weighted by molar-refractivity contribution is 6.29.